The van der Waals surface area contributed by atoms with Crippen LogP contribution in [0.2, 0.25) is 0 Å². The van der Waals surface area contributed by atoms with E-state index in [9.17, 15) is 4.79 Å². The first-order chi connectivity index (χ1) is 13.7. The van der Waals surface area contributed by atoms with E-state index in [1.165, 1.54) is 0 Å². The van der Waals surface area contributed by atoms with Gasteiger partial charge >= 0.3 is 0 Å². The number of nitrogens with zero attached hydrogens (tertiary/aromatic N) is 4. The summed E-state index contributed by atoms with van der Waals surface area (Å²) in [4.78, 5) is 26.7. The summed E-state index contributed by atoms with van der Waals surface area (Å²) >= 11 is 0. The van der Waals surface area contributed by atoms with Gasteiger partial charge in [-0.1, -0.05) is 12.1 Å². The van der Waals surface area contributed by atoms with Crippen LogP contribution < -0.4 is 19.3 Å². The molecule has 28 heavy (non-hydrogen) atoms. The third kappa shape index (κ3) is 2.79. The molecule has 3 heterocycles. The Bertz CT molecular complexity index is 1070. The molecule has 2 aliphatic rings. The maximum atomic E-state index is 13.4. The zero-order valence-electron chi connectivity index (χ0n) is 15.6. The van der Waals surface area contributed by atoms with Gasteiger partial charge in [-0.2, -0.15) is 0 Å². The van der Waals surface area contributed by atoms with Gasteiger partial charge in [0.2, 0.25) is 0 Å². The molecule has 7 heteroatoms. The summed E-state index contributed by atoms with van der Waals surface area (Å²) in [6.45, 7) is 2.40. The lowest BCUT2D eigenvalue weighted by molar-refractivity contribution is 0.0985. The first-order valence-corrected chi connectivity index (χ1v) is 9.40. The quantitative estimate of drug-likeness (QED) is 0.651. The van der Waals surface area contributed by atoms with Crippen LogP contribution in [-0.4, -0.2) is 49.2 Å². The van der Waals surface area contributed by atoms with E-state index in [1.54, 1.807) is 23.1 Å². The number of fused-ring (bicyclic) bond motifs is 3. The van der Waals surface area contributed by atoms with Gasteiger partial charge in [-0.25, -0.2) is 9.97 Å². The average Bonchev–Trinajstić information content (AvgIpc) is 2.90. The summed E-state index contributed by atoms with van der Waals surface area (Å²) in [5.41, 5.74) is 2.15. The topological polar surface area (TPSA) is 67.8 Å². The second kappa shape index (κ2) is 6.67. The molecule has 1 amide bonds. The zero-order chi connectivity index (χ0) is 19.1. The molecule has 7 nitrogen and oxygen atoms in total. The van der Waals surface area contributed by atoms with Crippen molar-refractivity contribution in [2.45, 2.75) is 6.42 Å². The van der Waals surface area contributed by atoms with Crippen molar-refractivity contribution in [3.8, 4) is 11.5 Å². The van der Waals surface area contributed by atoms with Gasteiger partial charge in [0.25, 0.3) is 5.91 Å². The van der Waals surface area contributed by atoms with Crippen LogP contribution in [0.25, 0.3) is 11.0 Å². The Kier molecular flexibility index (Phi) is 4.00. The van der Waals surface area contributed by atoms with Crippen molar-refractivity contribution in [1.82, 2.24) is 9.97 Å². The lowest BCUT2D eigenvalue weighted by atomic mass is 10.1. The summed E-state index contributed by atoms with van der Waals surface area (Å²) < 4.78 is 11.2. The number of amides is 1. The Balaban J connectivity index is 1.59. The first kappa shape index (κ1) is 16.8. The highest BCUT2D eigenvalue weighted by Crippen LogP contribution is 2.34. The summed E-state index contributed by atoms with van der Waals surface area (Å²) in [6.07, 6.45) is 0.835. The van der Waals surface area contributed by atoms with Crippen LogP contribution in [0.15, 0.2) is 42.5 Å². The van der Waals surface area contributed by atoms with Gasteiger partial charge in [-0.05, 0) is 36.8 Å². The lowest BCUT2D eigenvalue weighted by Crippen LogP contribution is -2.32. The molecule has 1 aromatic heterocycles. The van der Waals surface area contributed by atoms with Crippen molar-refractivity contribution in [2.75, 3.05) is 43.2 Å². The van der Waals surface area contributed by atoms with Crippen molar-refractivity contribution in [3.05, 3.63) is 48.0 Å². The summed E-state index contributed by atoms with van der Waals surface area (Å²) in [7, 11) is 1.99. The number of ether oxygens (including phenoxy) is 2. The van der Waals surface area contributed by atoms with Crippen molar-refractivity contribution >= 4 is 28.6 Å². The fourth-order valence-electron chi connectivity index (χ4n) is 3.63. The molecule has 5 rings (SSSR count). The van der Waals surface area contributed by atoms with E-state index < -0.39 is 0 Å². The van der Waals surface area contributed by atoms with Crippen molar-refractivity contribution in [3.63, 3.8) is 0 Å². The smallest absolute Gasteiger partial charge is 0.259 e. The lowest BCUT2D eigenvalue weighted by Gasteiger charge is -2.24. The monoisotopic (exact) mass is 376 g/mol. The SMILES string of the molecule is CN1CCCN(C(=O)c2ccc3c(c2)OCCO3)c2nc3ccccc3nc21. The first-order valence-electron chi connectivity index (χ1n) is 9.40. The largest absolute Gasteiger partial charge is 0.486 e. The molecule has 0 aliphatic carbocycles. The van der Waals surface area contributed by atoms with Gasteiger partial charge in [0.1, 0.15) is 13.2 Å². The van der Waals surface area contributed by atoms with Crippen molar-refractivity contribution < 1.29 is 14.3 Å². The number of carbonyl (C=O) groups is 1. The molecular formula is C21H20N4O3. The molecule has 0 atom stereocenters. The minimum absolute atomic E-state index is 0.113. The van der Waals surface area contributed by atoms with E-state index in [-0.39, 0.29) is 5.91 Å². The molecule has 0 radical (unpaired) electrons. The van der Waals surface area contributed by atoms with E-state index in [1.807, 2.05) is 31.3 Å². The molecule has 2 aromatic carbocycles. The van der Waals surface area contributed by atoms with Crippen LogP contribution in [-0.2, 0) is 0 Å². The fraction of sp³-hybridized carbons (Fsp3) is 0.286. The molecule has 2 aliphatic heterocycles. The molecular weight excluding hydrogens is 356 g/mol. The molecule has 0 bridgehead atoms. The number of rotatable bonds is 1. The maximum Gasteiger partial charge on any atom is 0.259 e. The highest BCUT2D eigenvalue weighted by molar-refractivity contribution is 6.07. The van der Waals surface area contributed by atoms with E-state index in [0.29, 0.717) is 42.6 Å². The van der Waals surface area contributed by atoms with Gasteiger partial charge < -0.3 is 14.4 Å². The molecule has 142 valence electrons. The second-order valence-corrected chi connectivity index (χ2v) is 6.95. The zero-order valence-corrected chi connectivity index (χ0v) is 15.6. The van der Waals surface area contributed by atoms with E-state index in [2.05, 4.69) is 4.90 Å². The number of anilines is 2. The van der Waals surface area contributed by atoms with Crippen LogP contribution in [0.4, 0.5) is 11.6 Å². The van der Waals surface area contributed by atoms with E-state index in [4.69, 9.17) is 19.4 Å². The van der Waals surface area contributed by atoms with E-state index >= 15 is 0 Å². The molecule has 0 saturated carbocycles. The van der Waals surface area contributed by atoms with Gasteiger partial charge in [0.15, 0.2) is 23.1 Å². The Morgan fingerprint density at radius 2 is 1.64 bits per heavy atom. The van der Waals surface area contributed by atoms with Crippen LogP contribution in [0, 0.1) is 0 Å². The number of aromatic nitrogens is 2. The van der Waals surface area contributed by atoms with Gasteiger partial charge in [0, 0.05) is 25.7 Å². The summed E-state index contributed by atoms with van der Waals surface area (Å²) in [6, 6.07) is 13.0. The van der Waals surface area contributed by atoms with Gasteiger partial charge in [0.05, 0.1) is 11.0 Å². The molecule has 0 spiro atoms. The van der Waals surface area contributed by atoms with Crippen molar-refractivity contribution in [2.24, 2.45) is 0 Å². The summed E-state index contributed by atoms with van der Waals surface area (Å²) in [5.74, 6) is 2.48. The van der Waals surface area contributed by atoms with Gasteiger partial charge in [-0.15, -0.1) is 0 Å². The normalized spacial score (nSPS) is 15.9. The second-order valence-electron chi connectivity index (χ2n) is 6.95. The molecule has 3 aromatic rings. The molecule has 0 unspecified atom stereocenters. The predicted molar refractivity (Wildman–Crippen MR) is 107 cm³/mol. The molecule has 0 fully saturated rings. The van der Waals surface area contributed by atoms with Crippen molar-refractivity contribution in [1.29, 1.82) is 0 Å². The van der Waals surface area contributed by atoms with Crippen LogP contribution in [0.1, 0.15) is 16.8 Å². The third-order valence-electron chi connectivity index (χ3n) is 5.06. The van der Waals surface area contributed by atoms with Crippen LogP contribution in [0.5, 0.6) is 11.5 Å². The molecule has 0 N–H and O–H groups in total. The maximum absolute atomic E-state index is 13.4. The fourth-order valence-corrected chi connectivity index (χ4v) is 3.63. The number of hydrogen-bond donors (Lipinski definition) is 0. The average molecular weight is 376 g/mol. The number of para-hydroxylation sites is 2. The number of hydrogen-bond acceptors (Lipinski definition) is 6. The predicted octanol–water partition coefficient (Wildman–Crippen LogP) is 2.89. The highest BCUT2D eigenvalue weighted by Gasteiger charge is 2.28. The Hall–Kier alpha value is -3.35. The third-order valence-corrected chi connectivity index (χ3v) is 5.06. The summed E-state index contributed by atoms with van der Waals surface area (Å²) in [5, 5.41) is 0. The number of benzene rings is 2. The minimum Gasteiger partial charge on any atom is -0.486 e. The Morgan fingerprint density at radius 3 is 2.43 bits per heavy atom. The number of carbonyl (C=O) groups excluding carboxylic acids is 1. The standard InChI is InChI=1S/C21H20N4O3/c1-24-9-4-10-25(20-19(24)22-15-5-2-3-6-16(15)23-20)21(26)14-7-8-17-18(13-14)28-12-11-27-17/h2-3,5-8,13H,4,9-12H2,1H3. The van der Waals surface area contributed by atoms with E-state index in [0.717, 1.165) is 29.8 Å². The highest BCUT2D eigenvalue weighted by atomic mass is 16.6. The minimum atomic E-state index is -0.113. The molecule has 0 saturated heterocycles. The van der Waals surface area contributed by atoms with Crippen LogP contribution in [0.3, 0.4) is 0 Å². The Labute approximate surface area is 162 Å². The Morgan fingerprint density at radius 1 is 0.929 bits per heavy atom. The van der Waals surface area contributed by atoms with Gasteiger partial charge in [-0.3, -0.25) is 9.69 Å². The van der Waals surface area contributed by atoms with Crippen LogP contribution >= 0.6 is 0 Å².